The van der Waals surface area contributed by atoms with Gasteiger partial charge in [0, 0.05) is 12.0 Å². The molecule has 1 rings (SSSR count). The molecule has 11 heavy (non-hydrogen) atoms. The van der Waals surface area contributed by atoms with E-state index in [1.807, 2.05) is 30.3 Å². The summed E-state index contributed by atoms with van der Waals surface area (Å²) in [5.41, 5.74) is 1.08. The van der Waals surface area contributed by atoms with Gasteiger partial charge in [-0.1, -0.05) is 30.0 Å². The van der Waals surface area contributed by atoms with Crippen molar-refractivity contribution < 1.29 is 0 Å². The zero-order chi connectivity index (χ0) is 7.94. The first kappa shape index (κ1) is 7.75. The highest BCUT2D eigenvalue weighted by atomic mass is 13.8. The molecule has 0 fully saturated rings. The van der Waals surface area contributed by atoms with Crippen molar-refractivity contribution in [2.45, 2.75) is 12.8 Å². The van der Waals surface area contributed by atoms with Crippen molar-refractivity contribution in [2.24, 2.45) is 0 Å². The van der Waals surface area contributed by atoms with Gasteiger partial charge in [0.05, 0.1) is 13.3 Å². The highest BCUT2D eigenvalue weighted by molar-refractivity contribution is 5.33. The smallest absolute Gasteiger partial charge is 0.0934 e. The van der Waals surface area contributed by atoms with Crippen LogP contribution >= 0.6 is 0 Å². The largest absolute Gasteiger partial charge is 0.0959 e. The zero-order valence-electron chi connectivity index (χ0n) is 6.51. The summed E-state index contributed by atoms with van der Waals surface area (Å²) in [5, 5.41) is 0. The lowest BCUT2D eigenvalue weighted by Gasteiger charge is -1.84. The average Bonchev–Trinajstić information content (AvgIpc) is 2.07. The second kappa shape index (κ2) is 4.46. The predicted molar refractivity (Wildman–Crippen MR) is 47.9 cm³/mol. The third-order valence-corrected chi connectivity index (χ3v) is 1.31. The summed E-state index contributed by atoms with van der Waals surface area (Å²) < 4.78 is 0. The van der Waals surface area contributed by atoms with Crippen molar-refractivity contribution in [3.8, 4) is 11.8 Å². The minimum Gasteiger partial charge on any atom is -0.0934 e. The Bertz CT molecular complexity index is 248. The zero-order valence-corrected chi connectivity index (χ0v) is 6.51. The molecule has 0 saturated carbocycles. The van der Waals surface area contributed by atoms with Gasteiger partial charge >= 0.3 is 0 Å². The van der Waals surface area contributed by atoms with Crippen LogP contribution in [0.2, 0.25) is 0 Å². The monoisotopic (exact) mass is 143 g/mol. The van der Waals surface area contributed by atoms with Crippen molar-refractivity contribution in [1.82, 2.24) is 0 Å². The molecule has 0 saturated heterocycles. The van der Waals surface area contributed by atoms with Gasteiger partial charge in [-0.15, -0.1) is 0 Å². The number of hydrogen-bond acceptors (Lipinski definition) is 0. The molecule has 54 valence electrons. The molecule has 0 unspecified atom stereocenters. The number of hydrogen-bond donors (Lipinski definition) is 0. The van der Waals surface area contributed by atoms with Crippen LogP contribution in [0, 0.1) is 18.8 Å². The highest BCUT2D eigenvalue weighted by Crippen LogP contribution is 1.95. The van der Waals surface area contributed by atoms with Crippen molar-refractivity contribution in [3.05, 3.63) is 42.8 Å². The fraction of sp³-hybridized carbons (Fsp3) is 0.182. The van der Waals surface area contributed by atoms with E-state index in [1.165, 1.54) is 0 Å². The summed E-state index contributed by atoms with van der Waals surface area (Å²) in [6.45, 7) is 3.71. The Balaban J connectivity index is 2.59. The van der Waals surface area contributed by atoms with Crippen LogP contribution in [0.3, 0.4) is 0 Å². The van der Waals surface area contributed by atoms with E-state index < -0.39 is 0 Å². The fourth-order valence-electron chi connectivity index (χ4n) is 0.774. The first-order valence-electron chi connectivity index (χ1n) is 3.76. The Hall–Kier alpha value is -1.35. The molecule has 0 aliphatic carbocycles. The van der Waals surface area contributed by atoms with Gasteiger partial charge in [0.25, 0.3) is 0 Å². The van der Waals surface area contributed by atoms with Crippen LogP contribution in [-0.2, 0) is 0 Å². The number of benzene rings is 1. The quantitative estimate of drug-likeness (QED) is 0.419. The summed E-state index contributed by atoms with van der Waals surface area (Å²) in [5.74, 6) is 6.09. The van der Waals surface area contributed by atoms with Crippen molar-refractivity contribution in [1.29, 1.82) is 0 Å². The lowest BCUT2D eigenvalue weighted by atomic mass is 10.2. The van der Waals surface area contributed by atoms with Gasteiger partial charge < -0.3 is 0 Å². The second-order valence-corrected chi connectivity index (χ2v) is 2.27. The van der Waals surface area contributed by atoms with Crippen molar-refractivity contribution in [3.63, 3.8) is 0 Å². The van der Waals surface area contributed by atoms with Gasteiger partial charge in [-0.2, -0.15) is 0 Å². The van der Waals surface area contributed by atoms with Crippen molar-refractivity contribution in [2.75, 3.05) is 0 Å². The molecular weight excluding hydrogens is 132 g/mol. The lowest BCUT2D eigenvalue weighted by Crippen LogP contribution is -1.70. The molecular formula is C11H11+. The number of unbranched alkanes of at least 4 members (excludes halogenated alkanes) is 1. The summed E-state index contributed by atoms with van der Waals surface area (Å²) in [6, 6.07) is 10.0. The average molecular weight is 143 g/mol. The second-order valence-electron chi connectivity index (χ2n) is 2.27. The fourth-order valence-corrected chi connectivity index (χ4v) is 0.774. The van der Waals surface area contributed by atoms with Gasteiger partial charge in [0.1, 0.15) is 0 Å². The van der Waals surface area contributed by atoms with E-state index in [1.54, 1.807) is 0 Å². The third-order valence-electron chi connectivity index (χ3n) is 1.31. The molecule has 0 bridgehead atoms. The minimum absolute atomic E-state index is 0.884. The Morgan fingerprint density at radius 3 is 2.55 bits per heavy atom. The summed E-state index contributed by atoms with van der Waals surface area (Å²) in [6.07, 6.45) is 1.77. The Kier molecular flexibility index (Phi) is 3.15. The molecule has 0 radical (unpaired) electrons. The minimum atomic E-state index is 0.884. The maximum absolute atomic E-state index is 3.71. The van der Waals surface area contributed by atoms with E-state index in [2.05, 4.69) is 18.8 Å². The van der Waals surface area contributed by atoms with Gasteiger partial charge in [-0.05, 0) is 12.1 Å². The standard InChI is InChI=1S/C11H11/c1-2-3-5-8-11-9-6-4-7-10-11/h4,6-7,9-10H,1-3H2/q+1. The highest BCUT2D eigenvalue weighted by Gasteiger charge is 1.80. The molecule has 0 spiro atoms. The Morgan fingerprint density at radius 2 is 1.91 bits per heavy atom. The van der Waals surface area contributed by atoms with Crippen LogP contribution in [0.15, 0.2) is 30.3 Å². The van der Waals surface area contributed by atoms with Gasteiger partial charge in [-0.3, -0.25) is 0 Å². The van der Waals surface area contributed by atoms with E-state index in [0.717, 1.165) is 18.4 Å². The van der Waals surface area contributed by atoms with Gasteiger partial charge in [0.15, 0.2) is 0 Å². The molecule has 1 aromatic rings. The predicted octanol–water partition coefficient (Wildman–Crippen LogP) is 2.65. The molecule has 0 amide bonds. The Labute approximate surface area is 68.3 Å². The van der Waals surface area contributed by atoms with E-state index in [4.69, 9.17) is 0 Å². The molecule has 0 aliphatic heterocycles. The first-order chi connectivity index (χ1) is 5.43. The van der Waals surface area contributed by atoms with E-state index in [-0.39, 0.29) is 0 Å². The topological polar surface area (TPSA) is 0 Å². The summed E-state index contributed by atoms with van der Waals surface area (Å²) in [7, 11) is 0. The maximum atomic E-state index is 3.71. The molecule has 0 N–H and O–H groups in total. The SMILES string of the molecule is [CH2+]CCC#Cc1ccccc1. The van der Waals surface area contributed by atoms with Crippen LogP contribution in [-0.4, -0.2) is 0 Å². The van der Waals surface area contributed by atoms with Crippen LogP contribution < -0.4 is 0 Å². The van der Waals surface area contributed by atoms with Crippen molar-refractivity contribution >= 4 is 0 Å². The van der Waals surface area contributed by atoms with Crippen LogP contribution in [0.25, 0.3) is 0 Å². The molecule has 0 heteroatoms. The Morgan fingerprint density at radius 1 is 1.18 bits per heavy atom. The van der Waals surface area contributed by atoms with Crippen LogP contribution in [0.5, 0.6) is 0 Å². The molecule has 0 aliphatic rings. The lowest BCUT2D eigenvalue weighted by molar-refractivity contribution is 1.08. The van der Waals surface area contributed by atoms with E-state index in [9.17, 15) is 0 Å². The molecule has 0 atom stereocenters. The maximum Gasteiger partial charge on any atom is 0.0959 e. The molecule has 0 nitrogen and oxygen atoms in total. The van der Waals surface area contributed by atoms with Crippen LogP contribution in [0.1, 0.15) is 18.4 Å². The van der Waals surface area contributed by atoms with Crippen LogP contribution in [0.4, 0.5) is 0 Å². The van der Waals surface area contributed by atoms with Gasteiger partial charge in [-0.25, -0.2) is 0 Å². The van der Waals surface area contributed by atoms with E-state index >= 15 is 0 Å². The third kappa shape index (κ3) is 2.82. The molecule has 0 heterocycles. The molecule has 1 aromatic carbocycles. The summed E-state index contributed by atoms with van der Waals surface area (Å²) >= 11 is 0. The van der Waals surface area contributed by atoms with Gasteiger partial charge in [0.2, 0.25) is 0 Å². The molecule has 0 aromatic heterocycles. The number of rotatable bonds is 1. The summed E-state index contributed by atoms with van der Waals surface area (Å²) in [4.78, 5) is 0. The van der Waals surface area contributed by atoms with E-state index in [0.29, 0.717) is 0 Å². The first-order valence-corrected chi connectivity index (χ1v) is 3.76. The normalized spacial score (nSPS) is 8.36.